The maximum absolute atomic E-state index is 11.6. The number of nitrogens with two attached hydrogens (primary N) is 1. The molecule has 0 radical (unpaired) electrons. The van der Waals surface area contributed by atoms with Gasteiger partial charge >= 0.3 is 0 Å². The topological polar surface area (TPSA) is 95.4 Å². The number of para-hydroxylation sites is 1. The van der Waals surface area contributed by atoms with E-state index in [2.05, 4.69) is 5.16 Å². The summed E-state index contributed by atoms with van der Waals surface area (Å²) in [5, 5.41) is 9.46. The van der Waals surface area contributed by atoms with Crippen LogP contribution in [0.2, 0.25) is 0 Å². The monoisotopic (exact) mass is 406 g/mol. The lowest BCUT2D eigenvalue weighted by Crippen LogP contribution is -2.11. The maximum atomic E-state index is 11.6. The molecule has 1 aromatic heterocycles. The van der Waals surface area contributed by atoms with Gasteiger partial charge in [-0.2, -0.15) is 0 Å². The van der Waals surface area contributed by atoms with E-state index < -0.39 is 10.0 Å². The van der Waals surface area contributed by atoms with E-state index in [1.54, 1.807) is 12.1 Å². The molecular formula is C22H18N2O4S. The Kier molecular flexibility index (Phi) is 5.16. The molecule has 0 unspecified atom stereocenters. The molecule has 0 aliphatic carbocycles. The predicted molar refractivity (Wildman–Crippen MR) is 110 cm³/mol. The normalized spacial score (nSPS) is 11.3. The number of hydrogen-bond acceptors (Lipinski definition) is 5. The Bertz CT molecular complexity index is 1200. The fraction of sp³-hybridized carbons (Fsp3) is 0.0455. The Labute approximate surface area is 168 Å². The summed E-state index contributed by atoms with van der Waals surface area (Å²) < 4.78 is 34.6. The van der Waals surface area contributed by atoms with Crippen molar-refractivity contribution in [2.75, 3.05) is 0 Å². The first-order valence-electron chi connectivity index (χ1n) is 8.87. The van der Waals surface area contributed by atoms with Crippen molar-refractivity contribution >= 4 is 10.0 Å². The molecule has 7 heteroatoms. The molecule has 146 valence electrons. The highest BCUT2D eigenvalue weighted by molar-refractivity contribution is 7.89. The molecule has 4 aromatic rings. The molecule has 0 amide bonds. The summed E-state index contributed by atoms with van der Waals surface area (Å²) in [6, 6.07) is 25.3. The SMILES string of the molecule is NS(=O)(=O)c1ccc(-c2c(-c3ccccc3)noc2COc2ccccc2)cc1. The standard InChI is InChI=1S/C22H18N2O4S/c23-29(25,26)19-13-11-16(12-14-19)21-20(15-27-18-9-5-2-6-10-18)28-24-22(21)17-7-3-1-4-8-17/h1-14H,15H2,(H2,23,25,26). The zero-order chi connectivity index (χ0) is 20.3. The summed E-state index contributed by atoms with van der Waals surface area (Å²) in [5.74, 6) is 1.25. The molecule has 29 heavy (non-hydrogen) atoms. The van der Waals surface area contributed by atoms with E-state index in [4.69, 9.17) is 14.4 Å². The zero-order valence-electron chi connectivity index (χ0n) is 15.4. The second kappa shape index (κ2) is 7.90. The van der Waals surface area contributed by atoms with Gasteiger partial charge in [-0.15, -0.1) is 0 Å². The van der Waals surface area contributed by atoms with Crippen molar-refractivity contribution in [1.29, 1.82) is 0 Å². The fourth-order valence-corrected chi connectivity index (χ4v) is 3.51. The number of aromatic nitrogens is 1. The van der Waals surface area contributed by atoms with E-state index in [-0.39, 0.29) is 11.5 Å². The second-order valence-electron chi connectivity index (χ2n) is 6.37. The van der Waals surface area contributed by atoms with E-state index in [9.17, 15) is 8.42 Å². The molecule has 6 nitrogen and oxygen atoms in total. The second-order valence-corrected chi connectivity index (χ2v) is 7.93. The summed E-state index contributed by atoms with van der Waals surface area (Å²) >= 11 is 0. The summed E-state index contributed by atoms with van der Waals surface area (Å²) in [5.41, 5.74) is 3.03. The number of primary sulfonamides is 1. The summed E-state index contributed by atoms with van der Waals surface area (Å²) in [6.07, 6.45) is 0. The molecular weight excluding hydrogens is 388 g/mol. The van der Waals surface area contributed by atoms with Crippen LogP contribution >= 0.6 is 0 Å². The summed E-state index contributed by atoms with van der Waals surface area (Å²) in [4.78, 5) is 0.0426. The van der Waals surface area contributed by atoms with Gasteiger partial charge in [-0.1, -0.05) is 65.8 Å². The Morgan fingerprint density at radius 1 is 0.828 bits per heavy atom. The van der Waals surface area contributed by atoms with Gasteiger partial charge in [0.2, 0.25) is 10.0 Å². The number of hydrogen-bond donors (Lipinski definition) is 1. The molecule has 0 aliphatic heterocycles. The minimum Gasteiger partial charge on any atom is -0.486 e. The third-order valence-electron chi connectivity index (χ3n) is 4.39. The smallest absolute Gasteiger partial charge is 0.238 e. The third kappa shape index (κ3) is 4.21. The molecule has 0 atom stereocenters. The van der Waals surface area contributed by atoms with Gasteiger partial charge in [0.15, 0.2) is 5.76 Å². The van der Waals surface area contributed by atoms with Crippen molar-refractivity contribution in [3.8, 4) is 28.1 Å². The largest absolute Gasteiger partial charge is 0.486 e. The molecule has 2 N–H and O–H groups in total. The highest BCUT2D eigenvalue weighted by atomic mass is 32.2. The van der Waals surface area contributed by atoms with Crippen LogP contribution in [0.4, 0.5) is 0 Å². The lowest BCUT2D eigenvalue weighted by Gasteiger charge is -2.08. The first kappa shape index (κ1) is 18.9. The van der Waals surface area contributed by atoms with Gasteiger partial charge in [-0.05, 0) is 29.8 Å². The summed E-state index contributed by atoms with van der Waals surface area (Å²) in [7, 11) is -3.77. The molecule has 0 saturated carbocycles. The molecule has 0 aliphatic rings. The average Bonchev–Trinajstić information content (AvgIpc) is 3.17. The number of rotatable bonds is 6. The van der Waals surface area contributed by atoms with Crippen LogP contribution in [0.5, 0.6) is 5.75 Å². The van der Waals surface area contributed by atoms with Crippen LogP contribution in [-0.4, -0.2) is 13.6 Å². The third-order valence-corrected chi connectivity index (χ3v) is 5.32. The van der Waals surface area contributed by atoms with Gasteiger partial charge in [0.25, 0.3) is 0 Å². The zero-order valence-corrected chi connectivity index (χ0v) is 16.2. The molecule has 3 aromatic carbocycles. The average molecular weight is 406 g/mol. The molecule has 0 saturated heterocycles. The number of nitrogens with zero attached hydrogens (tertiary/aromatic N) is 1. The van der Waals surface area contributed by atoms with Crippen LogP contribution in [0, 0.1) is 0 Å². The molecule has 0 bridgehead atoms. The molecule has 0 spiro atoms. The van der Waals surface area contributed by atoms with E-state index in [0.29, 0.717) is 17.2 Å². The highest BCUT2D eigenvalue weighted by Crippen LogP contribution is 2.35. The number of ether oxygens (including phenoxy) is 1. The van der Waals surface area contributed by atoms with Crippen molar-refractivity contribution in [1.82, 2.24) is 5.16 Å². The maximum Gasteiger partial charge on any atom is 0.238 e. The van der Waals surface area contributed by atoms with Crippen molar-refractivity contribution in [2.45, 2.75) is 11.5 Å². The highest BCUT2D eigenvalue weighted by Gasteiger charge is 2.20. The van der Waals surface area contributed by atoms with Crippen LogP contribution in [0.3, 0.4) is 0 Å². The first-order chi connectivity index (χ1) is 14.0. The van der Waals surface area contributed by atoms with Crippen LogP contribution in [0.15, 0.2) is 94.3 Å². The van der Waals surface area contributed by atoms with Gasteiger partial charge in [-0.25, -0.2) is 13.6 Å². The predicted octanol–water partition coefficient (Wildman–Crippen LogP) is 4.24. The van der Waals surface area contributed by atoms with Crippen LogP contribution in [0.25, 0.3) is 22.4 Å². The van der Waals surface area contributed by atoms with E-state index in [1.807, 2.05) is 60.7 Å². The lowest BCUT2D eigenvalue weighted by molar-refractivity contribution is 0.250. The fourth-order valence-electron chi connectivity index (χ4n) is 2.99. The van der Waals surface area contributed by atoms with Gasteiger partial charge < -0.3 is 9.26 Å². The summed E-state index contributed by atoms with van der Waals surface area (Å²) in [6.45, 7) is 0.177. The van der Waals surface area contributed by atoms with Crippen molar-refractivity contribution in [3.05, 3.63) is 90.7 Å². The Morgan fingerprint density at radius 2 is 1.45 bits per heavy atom. The lowest BCUT2D eigenvalue weighted by atomic mass is 9.99. The minimum absolute atomic E-state index is 0.0426. The van der Waals surface area contributed by atoms with E-state index in [1.165, 1.54) is 12.1 Å². The van der Waals surface area contributed by atoms with Crippen molar-refractivity contribution < 1.29 is 17.7 Å². The van der Waals surface area contributed by atoms with E-state index in [0.717, 1.165) is 16.7 Å². The van der Waals surface area contributed by atoms with E-state index >= 15 is 0 Å². The van der Waals surface area contributed by atoms with Crippen LogP contribution < -0.4 is 9.88 Å². The Hall–Kier alpha value is -3.42. The number of sulfonamides is 1. The minimum atomic E-state index is -3.77. The van der Waals surface area contributed by atoms with Gasteiger partial charge in [0, 0.05) is 5.56 Å². The van der Waals surface area contributed by atoms with Gasteiger partial charge in [-0.3, -0.25) is 0 Å². The molecule has 1 heterocycles. The van der Waals surface area contributed by atoms with Gasteiger partial charge in [0.1, 0.15) is 18.1 Å². The first-order valence-corrected chi connectivity index (χ1v) is 10.4. The van der Waals surface area contributed by atoms with Crippen molar-refractivity contribution in [2.24, 2.45) is 5.14 Å². The molecule has 0 fully saturated rings. The van der Waals surface area contributed by atoms with Crippen LogP contribution in [-0.2, 0) is 16.6 Å². The quantitative estimate of drug-likeness (QED) is 0.517. The van der Waals surface area contributed by atoms with Crippen molar-refractivity contribution in [3.63, 3.8) is 0 Å². The van der Waals surface area contributed by atoms with Gasteiger partial charge in [0.05, 0.1) is 10.5 Å². The number of benzene rings is 3. The molecule has 4 rings (SSSR count). The Balaban J connectivity index is 1.75. The Morgan fingerprint density at radius 3 is 2.07 bits per heavy atom. The van der Waals surface area contributed by atoms with Crippen LogP contribution in [0.1, 0.15) is 5.76 Å².